The van der Waals surface area contributed by atoms with E-state index < -0.39 is 12.0 Å². The van der Waals surface area contributed by atoms with E-state index >= 15 is 0 Å². The normalized spacial score (nSPS) is 19.4. The molecule has 3 aliphatic rings. The maximum atomic E-state index is 13.2. The molecule has 1 fully saturated rings. The monoisotopic (exact) mass is 469 g/mol. The molecule has 4 rings (SSSR count). The number of nitrogens with one attached hydrogen (secondary N) is 1. The number of hydrogen-bond donors (Lipinski definition) is 1. The van der Waals surface area contributed by atoms with Gasteiger partial charge in [-0.2, -0.15) is 0 Å². The fourth-order valence-electron chi connectivity index (χ4n) is 3.94. The number of amidine groups is 1. The van der Waals surface area contributed by atoms with Gasteiger partial charge in [-0.1, -0.05) is 36.5 Å². The number of methoxy groups -OCH3 is 2. The minimum atomic E-state index is -0.602. The Morgan fingerprint density at radius 3 is 2.76 bits per heavy atom. The van der Waals surface area contributed by atoms with Crippen molar-refractivity contribution in [3.8, 4) is 11.5 Å². The molecule has 1 atom stereocenters. The van der Waals surface area contributed by atoms with Crippen molar-refractivity contribution in [3.63, 3.8) is 0 Å². The number of benzene rings is 1. The number of carbonyl (C=O) groups is 2. The van der Waals surface area contributed by atoms with E-state index in [9.17, 15) is 9.59 Å². The summed E-state index contributed by atoms with van der Waals surface area (Å²) in [7, 11) is 3.12. The van der Waals surface area contributed by atoms with Crippen LogP contribution in [0, 0.1) is 0 Å². The molecule has 8 nitrogen and oxygen atoms in total. The lowest BCUT2D eigenvalue weighted by Gasteiger charge is -2.37. The van der Waals surface area contributed by atoms with Gasteiger partial charge in [0.15, 0.2) is 16.7 Å². The molecule has 0 radical (unpaired) electrons. The van der Waals surface area contributed by atoms with E-state index in [1.54, 1.807) is 27.2 Å². The number of amides is 1. The van der Waals surface area contributed by atoms with Crippen LogP contribution in [0.2, 0.25) is 0 Å². The van der Waals surface area contributed by atoms with Crippen LogP contribution < -0.4 is 14.8 Å². The van der Waals surface area contributed by atoms with Crippen LogP contribution in [0.3, 0.4) is 0 Å². The highest BCUT2D eigenvalue weighted by Crippen LogP contribution is 2.48. The van der Waals surface area contributed by atoms with Gasteiger partial charge >= 0.3 is 5.97 Å². The Morgan fingerprint density at radius 1 is 1.30 bits per heavy atom. The first-order chi connectivity index (χ1) is 16.0. The third-order valence-corrected chi connectivity index (χ3v) is 6.45. The quantitative estimate of drug-likeness (QED) is 0.436. The first-order valence-electron chi connectivity index (χ1n) is 10.7. The van der Waals surface area contributed by atoms with Gasteiger partial charge < -0.3 is 24.4 Å². The number of aliphatic imine (C=N–C) groups is 1. The Balaban J connectivity index is 1.78. The maximum Gasteiger partial charge on any atom is 0.338 e. The number of thioether (sulfide) groups is 1. The summed E-state index contributed by atoms with van der Waals surface area (Å²) in [5.41, 5.74) is 2.40. The Hall–Kier alpha value is -3.20. The highest BCUT2D eigenvalue weighted by Gasteiger charge is 2.43. The Morgan fingerprint density at radius 2 is 2.09 bits per heavy atom. The van der Waals surface area contributed by atoms with Crippen molar-refractivity contribution in [2.75, 3.05) is 20.8 Å². The van der Waals surface area contributed by atoms with E-state index in [-0.39, 0.29) is 25.0 Å². The summed E-state index contributed by atoms with van der Waals surface area (Å²) in [5, 5.41) is 5.63. The van der Waals surface area contributed by atoms with Crippen LogP contribution in [0.5, 0.6) is 11.5 Å². The number of fused-ring (bicyclic) bond motifs is 1. The van der Waals surface area contributed by atoms with Crippen molar-refractivity contribution >= 4 is 28.8 Å². The molecule has 0 unspecified atom stereocenters. The molecule has 1 aromatic rings. The summed E-state index contributed by atoms with van der Waals surface area (Å²) in [5.74, 6) is 0.499. The molecule has 9 heteroatoms. The van der Waals surface area contributed by atoms with Crippen molar-refractivity contribution < 1.29 is 23.8 Å². The molecule has 0 saturated heterocycles. The molecule has 1 amide bonds. The van der Waals surface area contributed by atoms with E-state index in [4.69, 9.17) is 14.2 Å². The van der Waals surface area contributed by atoms with Crippen molar-refractivity contribution in [2.24, 2.45) is 4.99 Å². The third kappa shape index (κ3) is 4.64. The van der Waals surface area contributed by atoms with Crippen LogP contribution >= 0.6 is 11.8 Å². The Kier molecular flexibility index (Phi) is 6.78. The van der Waals surface area contributed by atoms with Gasteiger partial charge in [0.1, 0.15) is 6.61 Å². The molecule has 0 aromatic heterocycles. The van der Waals surface area contributed by atoms with Crippen LogP contribution in [0.1, 0.15) is 37.8 Å². The second kappa shape index (κ2) is 9.74. The van der Waals surface area contributed by atoms with Gasteiger partial charge in [0.25, 0.3) is 0 Å². The zero-order valence-electron chi connectivity index (χ0n) is 18.9. The minimum absolute atomic E-state index is 0.0518. The number of rotatable bonds is 9. The highest BCUT2D eigenvalue weighted by atomic mass is 32.2. The van der Waals surface area contributed by atoms with Gasteiger partial charge in [-0.05, 0) is 31.2 Å². The molecular weight excluding hydrogens is 442 g/mol. The number of nitrogens with zero attached hydrogens (tertiary/aromatic N) is 2. The predicted octanol–water partition coefficient (Wildman–Crippen LogP) is 3.68. The number of carbonyl (C=O) groups excluding carboxylic acids is 2. The van der Waals surface area contributed by atoms with E-state index in [0.29, 0.717) is 33.5 Å². The molecule has 2 heterocycles. The van der Waals surface area contributed by atoms with Crippen molar-refractivity contribution in [3.05, 3.63) is 58.8 Å². The smallest absolute Gasteiger partial charge is 0.338 e. The van der Waals surface area contributed by atoms with Gasteiger partial charge in [0, 0.05) is 17.3 Å². The summed E-state index contributed by atoms with van der Waals surface area (Å²) in [6, 6.07) is 5.19. The molecule has 0 bridgehead atoms. The molecule has 1 N–H and O–H groups in total. The van der Waals surface area contributed by atoms with Gasteiger partial charge in [0.2, 0.25) is 5.91 Å². The average Bonchev–Trinajstić information content (AvgIpc) is 3.54. The van der Waals surface area contributed by atoms with Crippen LogP contribution in [0.4, 0.5) is 0 Å². The molecule has 2 aliphatic heterocycles. The Labute approximate surface area is 197 Å². The second-order valence-corrected chi connectivity index (χ2v) is 8.72. The molecule has 1 saturated carbocycles. The van der Waals surface area contributed by atoms with E-state index in [1.165, 1.54) is 17.8 Å². The number of ether oxygens (including phenoxy) is 3. The summed E-state index contributed by atoms with van der Waals surface area (Å²) in [6.07, 6.45) is 3.73. The molecule has 1 aromatic carbocycles. The number of esters is 1. The molecule has 33 heavy (non-hydrogen) atoms. The van der Waals surface area contributed by atoms with Gasteiger partial charge in [0.05, 0.1) is 38.0 Å². The summed E-state index contributed by atoms with van der Waals surface area (Å²) < 4.78 is 16.6. The number of allylic oxidation sites excluding steroid dienone is 1. The van der Waals surface area contributed by atoms with Gasteiger partial charge in [-0.25, -0.2) is 9.79 Å². The van der Waals surface area contributed by atoms with Crippen LogP contribution in [0.25, 0.3) is 0 Å². The standard InChI is InChI=1S/C24H27N3O5S/c1-5-11-32-23(29)20-14(2)25-24-27(16(13-33-24)12-19(28)26-15-9-10-15)21(20)17-7-6-8-18(30-3)22(17)31-4/h5-8,13,15,21H,1,9-12H2,2-4H3,(H,26,28)/t21-/m0/s1. The molecule has 1 aliphatic carbocycles. The second-order valence-electron chi connectivity index (χ2n) is 7.88. The lowest BCUT2D eigenvalue weighted by Crippen LogP contribution is -2.38. The highest BCUT2D eigenvalue weighted by molar-refractivity contribution is 8.16. The largest absolute Gasteiger partial charge is 0.493 e. The first kappa shape index (κ1) is 23.0. The van der Waals surface area contributed by atoms with E-state index in [2.05, 4.69) is 16.9 Å². The third-order valence-electron chi connectivity index (χ3n) is 5.56. The van der Waals surface area contributed by atoms with Crippen molar-refractivity contribution in [1.29, 1.82) is 0 Å². The maximum absolute atomic E-state index is 13.2. The van der Waals surface area contributed by atoms with Gasteiger partial charge in [-0.3, -0.25) is 4.79 Å². The minimum Gasteiger partial charge on any atom is -0.493 e. The van der Waals surface area contributed by atoms with Crippen LogP contribution in [0.15, 0.2) is 58.2 Å². The van der Waals surface area contributed by atoms with Crippen LogP contribution in [-0.2, 0) is 14.3 Å². The summed E-state index contributed by atoms with van der Waals surface area (Å²) in [4.78, 5) is 32.4. The zero-order chi connectivity index (χ0) is 23.5. The molecular formula is C24H27N3O5S. The summed E-state index contributed by atoms with van der Waals surface area (Å²) in [6.45, 7) is 5.49. The zero-order valence-corrected chi connectivity index (χ0v) is 19.7. The van der Waals surface area contributed by atoms with Crippen LogP contribution in [-0.4, -0.2) is 48.8 Å². The molecule has 174 valence electrons. The van der Waals surface area contributed by atoms with Gasteiger partial charge in [-0.15, -0.1) is 0 Å². The van der Waals surface area contributed by atoms with Crippen molar-refractivity contribution in [2.45, 2.75) is 38.3 Å². The fourth-order valence-corrected chi connectivity index (χ4v) is 4.90. The van der Waals surface area contributed by atoms with E-state index in [1.807, 2.05) is 22.4 Å². The number of hydrogen-bond acceptors (Lipinski definition) is 8. The SMILES string of the molecule is C=CCOC(=O)C1=C(C)N=C2SC=C(CC(=O)NC3CC3)N2[C@H]1c1cccc(OC)c1OC. The number of para-hydroxylation sites is 1. The van der Waals surface area contributed by atoms with Crippen molar-refractivity contribution in [1.82, 2.24) is 10.2 Å². The lowest BCUT2D eigenvalue weighted by molar-refractivity contribution is -0.138. The predicted molar refractivity (Wildman–Crippen MR) is 127 cm³/mol. The topological polar surface area (TPSA) is 89.5 Å². The Bertz CT molecular complexity index is 1070. The summed E-state index contributed by atoms with van der Waals surface area (Å²) >= 11 is 1.43. The fraction of sp³-hybridized carbons (Fsp3) is 0.375. The average molecular weight is 470 g/mol. The first-order valence-corrected chi connectivity index (χ1v) is 11.6. The lowest BCUT2D eigenvalue weighted by atomic mass is 9.92. The van der Waals surface area contributed by atoms with E-state index in [0.717, 1.165) is 18.5 Å². The molecule has 0 spiro atoms.